The van der Waals surface area contributed by atoms with Crippen molar-refractivity contribution in [2.75, 3.05) is 36.0 Å². The zero-order valence-electron chi connectivity index (χ0n) is 75.4. The topological polar surface area (TPSA) is 14.2 Å². The molecule has 0 aliphatic heterocycles. The molecule has 0 spiro atoms. The van der Waals surface area contributed by atoms with Crippen LogP contribution < -0.4 is 66.9 Å². The first-order chi connectivity index (χ1) is 54.5. The predicted molar refractivity (Wildman–Crippen MR) is 496 cm³/mol. The number of hydrogen-bond donors (Lipinski definition) is 0. The van der Waals surface area contributed by atoms with Crippen LogP contribution in [-0.2, 0) is 13.1 Å². The summed E-state index contributed by atoms with van der Waals surface area (Å²) >= 11 is 0. The third-order valence-corrected chi connectivity index (χ3v) is 24.1. The largest absolute Gasteiger partial charge is 1.00 e. The van der Waals surface area contributed by atoms with E-state index in [2.05, 4.69) is 182 Å². The highest BCUT2D eigenvalue weighted by Crippen LogP contribution is 2.25. The summed E-state index contributed by atoms with van der Waals surface area (Å²) in [5.74, 6) is 0. The number of nitrogens with zero attached hydrogens (tertiary/aromatic N) is 4. The van der Waals surface area contributed by atoms with Crippen LogP contribution in [0.5, 0.6) is 0 Å². The van der Waals surface area contributed by atoms with Gasteiger partial charge in [-0.3, -0.25) is 0 Å². The molecule has 2 aromatic heterocycles. The molecule has 4 aromatic rings. The molecule has 0 unspecified atom stereocenters. The highest BCUT2D eigenvalue weighted by Gasteiger charge is 2.11. The number of aromatic nitrogens is 2. The van der Waals surface area contributed by atoms with E-state index in [-0.39, 0.29) is 48.0 Å². The predicted octanol–water partition coefficient (Wildman–Crippen LogP) is 28.6. The lowest BCUT2D eigenvalue weighted by Crippen LogP contribution is -3.00. The van der Waals surface area contributed by atoms with Gasteiger partial charge in [-0.15, -0.1) is 0 Å². The fraction of sp³-hybridized carbons (Fsp3) is 0.755. The summed E-state index contributed by atoms with van der Waals surface area (Å²) in [6.45, 7) is 20.4. The lowest BCUT2D eigenvalue weighted by atomic mass is 10.0. The summed E-state index contributed by atoms with van der Waals surface area (Å²) in [5, 5.41) is 0. The molecular weight excluding hydrogens is 1580 g/mol. The van der Waals surface area contributed by atoms with Gasteiger partial charge in [0, 0.05) is 61.8 Å². The molecule has 0 bridgehead atoms. The molecule has 2 heterocycles. The van der Waals surface area contributed by atoms with Gasteiger partial charge in [0.25, 0.3) is 0 Å². The van der Waals surface area contributed by atoms with Crippen LogP contribution in [0, 0.1) is 0 Å². The normalized spacial score (nSPS) is 11.4. The van der Waals surface area contributed by atoms with Crippen molar-refractivity contribution in [3.05, 3.63) is 120 Å². The molecule has 0 N–H and O–H groups in total. The van der Waals surface area contributed by atoms with Crippen LogP contribution in [0.2, 0.25) is 0 Å². The number of rotatable bonds is 80. The van der Waals surface area contributed by atoms with E-state index in [0.29, 0.717) is 0 Å². The molecule has 112 heavy (non-hydrogen) atoms. The van der Waals surface area contributed by atoms with Crippen molar-refractivity contribution in [3.63, 3.8) is 0 Å². The van der Waals surface area contributed by atoms with E-state index >= 15 is 0 Å². The van der Waals surface area contributed by atoms with E-state index in [1.54, 1.807) is 0 Å². The van der Waals surface area contributed by atoms with Gasteiger partial charge in [0.1, 0.15) is 13.1 Å². The van der Waals surface area contributed by atoms with E-state index in [4.69, 9.17) is 0 Å². The minimum absolute atomic E-state index is 0. The van der Waals surface area contributed by atoms with E-state index in [0.717, 1.165) is 13.1 Å². The Hall–Kier alpha value is -2.72. The van der Waals surface area contributed by atoms with Gasteiger partial charge < -0.3 is 57.8 Å². The van der Waals surface area contributed by atoms with Crippen LogP contribution in [0.3, 0.4) is 0 Å². The van der Waals surface area contributed by atoms with Crippen LogP contribution in [0.25, 0.3) is 24.3 Å². The van der Waals surface area contributed by atoms with Crippen LogP contribution in [-0.4, -0.2) is 26.2 Å². The van der Waals surface area contributed by atoms with Crippen LogP contribution in [0.1, 0.15) is 500 Å². The van der Waals surface area contributed by atoms with Crippen molar-refractivity contribution < 1.29 is 57.1 Å². The number of benzene rings is 2. The van der Waals surface area contributed by atoms with Crippen molar-refractivity contribution in [3.8, 4) is 0 Å². The highest BCUT2D eigenvalue weighted by atomic mass is 127. The Kier molecular flexibility index (Phi) is 81.2. The molecule has 4 rings (SSSR count). The summed E-state index contributed by atoms with van der Waals surface area (Å²) in [6.07, 6.45) is 115. The van der Waals surface area contributed by atoms with Gasteiger partial charge >= 0.3 is 0 Å². The molecule has 0 saturated carbocycles. The average molecular weight is 1770 g/mol. The molecule has 4 nitrogen and oxygen atoms in total. The quantitative estimate of drug-likeness (QED) is 0.0248. The number of pyridine rings is 2. The first-order valence-corrected chi connectivity index (χ1v) is 49.6. The van der Waals surface area contributed by atoms with E-state index in [1.165, 1.54) is 496 Å². The Bertz CT molecular complexity index is 2470. The van der Waals surface area contributed by atoms with Gasteiger partial charge in [0.05, 0.1) is 0 Å². The lowest BCUT2D eigenvalue weighted by molar-refractivity contribution is -0.693. The molecule has 0 aliphatic rings. The Morgan fingerprint density at radius 3 is 0.455 bits per heavy atom. The molecule has 0 fully saturated rings. The highest BCUT2D eigenvalue weighted by molar-refractivity contribution is 5.71. The Morgan fingerprint density at radius 2 is 0.312 bits per heavy atom. The number of anilines is 2. The number of unbranched alkanes of at least 4 members (excludes halogenated alkanes) is 64. The number of aryl methyl sites for hydroxylation is 2. The first-order valence-electron chi connectivity index (χ1n) is 49.6. The minimum Gasteiger partial charge on any atom is -1.00 e. The summed E-state index contributed by atoms with van der Waals surface area (Å²) in [4.78, 5) is 5.40. The fourth-order valence-electron chi connectivity index (χ4n) is 16.4. The second-order valence-corrected chi connectivity index (χ2v) is 34.4. The average Bonchev–Trinajstić information content (AvgIpc) is 0.876. The third kappa shape index (κ3) is 66.2. The third-order valence-electron chi connectivity index (χ3n) is 24.1. The lowest BCUT2D eigenvalue weighted by Gasteiger charge is -2.25. The molecule has 644 valence electrons. The van der Waals surface area contributed by atoms with Gasteiger partial charge in [0.2, 0.25) is 0 Å². The monoisotopic (exact) mass is 1770 g/mol. The smallest absolute Gasteiger partial charge is 0.169 e. The number of halogens is 2. The zero-order chi connectivity index (χ0) is 78.2. The van der Waals surface area contributed by atoms with Gasteiger partial charge in [-0.25, -0.2) is 9.13 Å². The van der Waals surface area contributed by atoms with Crippen molar-refractivity contribution in [1.29, 1.82) is 0 Å². The maximum absolute atomic E-state index is 2.70. The Balaban J connectivity index is 0.00000110. The zero-order valence-corrected chi connectivity index (χ0v) is 79.7. The Labute approximate surface area is 734 Å². The second kappa shape index (κ2) is 84.7. The summed E-state index contributed by atoms with van der Waals surface area (Å²) in [5.41, 5.74) is 7.90. The van der Waals surface area contributed by atoms with Crippen LogP contribution >= 0.6 is 0 Å². The first kappa shape index (κ1) is 107. The van der Waals surface area contributed by atoms with Gasteiger partial charge in [-0.2, -0.15) is 0 Å². The molecule has 0 saturated heterocycles. The Morgan fingerprint density at radius 1 is 0.179 bits per heavy atom. The molecule has 0 radical (unpaired) electrons. The van der Waals surface area contributed by atoms with E-state index < -0.39 is 0 Å². The second-order valence-electron chi connectivity index (χ2n) is 34.4. The van der Waals surface area contributed by atoms with Crippen LogP contribution in [0.4, 0.5) is 11.4 Å². The number of hydrogen-bond acceptors (Lipinski definition) is 2. The standard InChI is InChI=1S/C55H97N2.C51H89N2.2HI/c1-4-7-9-11-13-15-17-19-21-23-25-27-29-31-33-35-37-39-49-57(55-45-43-53(44-46-55)41-42-54-47-51-56(6-3)52-48-54)50-40-38-36-34-32-30-28-26-24-22-20-18-16-14-12-10-8-5-2;1-4-7-9-11-13-15-17-19-21-23-25-27-29-31-33-35-45-53(46-36-34-32-30-28-26-24-22-20-18-16-14-12-10-8-5-2)51-41-39-49(40-42-51)37-38-50-43-47-52(6-3)48-44-50;;/h41-48,51-52H,4-40,49-50H2,1-3H3;37-44,47-48H,4-36,45-46H2,1-3H3;2*1H/q2*+1;;/p-2. The molecule has 0 amide bonds. The summed E-state index contributed by atoms with van der Waals surface area (Å²) in [7, 11) is 0. The van der Waals surface area contributed by atoms with Crippen molar-refractivity contribution >= 4 is 35.7 Å². The molecule has 0 aliphatic carbocycles. The summed E-state index contributed by atoms with van der Waals surface area (Å²) < 4.78 is 4.42. The van der Waals surface area contributed by atoms with Crippen LogP contribution in [0.15, 0.2) is 97.6 Å². The van der Waals surface area contributed by atoms with Crippen molar-refractivity contribution in [2.24, 2.45) is 0 Å². The SMILES string of the molecule is CCCCCCCCCCCCCCCCCCCCN(CCCCCCCCCCCCCCCCCCCC)c1ccc(C=Cc2cc[n+](CC)cc2)cc1.CCCCCCCCCCCCCCCCCCN(CCCCCCCCCCCCCCCCCC)c1ccc(C=Cc2cc[n+](CC)cc2)cc1.[I-].[I-]. The van der Waals surface area contributed by atoms with Crippen molar-refractivity contribution in [1.82, 2.24) is 0 Å². The van der Waals surface area contributed by atoms with Gasteiger partial charge in [-0.05, 0) is 86.1 Å². The maximum Gasteiger partial charge on any atom is 0.169 e. The van der Waals surface area contributed by atoms with E-state index in [1.807, 2.05) is 0 Å². The van der Waals surface area contributed by atoms with Crippen molar-refractivity contribution in [2.45, 2.75) is 491 Å². The van der Waals surface area contributed by atoms with Gasteiger partial charge in [0.15, 0.2) is 24.8 Å². The molecule has 0 atom stereocenters. The minimum atomic E-state index is 0. The van der Waals surface area contributed by atoms with E-state index in [9.17, 15) is 0 Å². The molecular formula is C106H186I2N4. The fourth-order valence-corrected chi connectivity index (χ4v) is 16.4. The summed E-state index contributed by atoms with van der Waals surface area (Å²) in [6, 6.07) is 27.6. The van der Waals surface area contributed by atoms with Gasteiger partial charge in [-0.1, -0.05) is 487 Å². The molecule has 2 aromatic carbocycles. The molecule has 6 heteroatoms. The maximum atomic E-state index is 2.70.